The maximum Gasteiger partial charge on any atom is 0.226 e. The van der Waals surface area contributed by atoms with E-state index in [-0.39, 0.29) is 24.0 Å². The van der Waals surface area contributed by atoms with Gasteiger partial charge in [0.1, 0.15) is 0 Å². The SMILES string of the molecule is COCCC1(C(=O)NC(CCO)C(C)C)CC1. The average Bonchev–Trinajstić information content (AvgIpc) is 3.06. The molecule has 0 aromatic carbocycles. The van der Waals surface area contributed by atoms with Gasteiger partial charge in [0, 0.05) is 26.4 Å². The van der Waals surface area contributed by atoms with E-state index in [2.05, 4.69) is 19.2 Å². The number of carbonyl (C=O) groups excluding carboxylic acids is 1. The lowest BCUT2D eigenvalue weighted by Gasteiger charge is -2.24. The zero-order valence-electron chi connectivity index (χ0n) is 11.2. The van der Waals surface area contributed by atoms with Crippen molar-refractivity contribution in [3.05, 3.63) is 0 Å². The van der Waals surface area contributed by atoms with Crippen LogP contribution in [0.3, 0.4) is 0 Å². The molecule has 1 saturated carbocycles. The Morgan fingerprint density at radius 3 is 2.53 bits per heavy atom. The van der Waals surface area contributed by atoms with Gasteiger partial charge in [-0.25, -0.2) is 0 Å². The molecule has 4 heteroatoms. The number of aliphatic hydroxyl groups excluding tert-OH is 1. The van der Waals surface area contributed by atoms with Crippen molar-refractivity contribution in [3.63, 3.8) is 0 Å². The first-order valence-electron chi connectivity index (χ1n) is 6.46. The minimum atomic E-state index is -0.182. The number of carbonyl (C=O) groups is 1. The van der Waals surface area contributed by atoms with Crippen molar-refractivity contribution in [2.45, 2.75) is 45.6 Å². The first-order chi connectivity index (χ1) is 8.05. The fourth-order valence-electron chi connectivity index (χ4n) is 2.07. The molecule has 0 saturated heterocycles. The summed E-state index contributed by atoms with van der Waals surface area (Å²) in [6.07, 6.45) is 3.36. The Morgan fingerprint density at radius 1 is 1.47 bits per heavy atom. The van der Waals surface area contributed by atoms with Gasteiger partial charge in [-0.3, -0.25) is 4.79 Å². The van der Waals surface area contributed by atoms with Gasteiger partial charge in [0.25, 0.3) is 0 Å². The van der Waals surface area contributed by atoms with Gasteiger partial charge in [-0.05, 0) is 31.6 Å². The Bertz CT molecular complexity index is 249. The Labute approximate surface area is 104 Å². The highest BCUT2D eigenvalue weighted by Gasteiger charge is 2.49. The van der Waals surface area contributed by atoms with E-state index >= 15 is 0 Å². The molecule has 0 aliphatic heterocycles. The highest BCUT2D eigenvalue weighted by molar-refractivity contribution is 5.85. The zero-order chi connectivity index (χ0) is 12.9. The lowest BCUT2D eigenvalue weighted by atomic mass is 9.97. The quantitative estimate of drug-likeness (QED) is 0.676. The average molecular weight is 243 g/mol. The van der Waals surface area contributed by atoms with E-state index in [1.807, 2.05) is 0 Å². The lowest BCUT2D eigenvalue weighted by molar-refractivity contribution is -0.128. The monoisotopic (exact) mass is 243 g/mol. The third kappa shape index (κ3) is 3.96. The molecule has 1 aliphatic rings. The van der Waals surface area contributed by atoms with Crippen LogP contribution in [0, 0.1) is 11.3 Å². The summed E-state index contributed by atoms with van der Waals surface area (Å²) in [7, 11) is 1.66. The van der Waals surface area contributed by atoms with Crippen molar-refractivity contribution < 1.29 is 14.6 Å². The molecule has 0 bridgehead atoms. The molecule has 1 fully saturated rings. The molecule has 1 atom stereocenters. The summed E-state index contributed by atoms with van der Waals surface area (Å²) in [5.74, 6) is 0.492. The molecule has 1 unspecified atom stereocenters. The van der Waals surface area contributed by atoms with Crippen LogP contribution in [-0.4, -0.2) is 37.4 Å². The summed E-state index contributed by atoms with van der Waals surface area (Å²) in [6, 6.07) is 0.0764. The van der Waals surface area contributed by atoms with Crippen molar-refractivity contribution in [2.24, 2.45) is 11.3 Å². The maximum absolute atomic E-state index is 12.2. The summed E-state index contributed by atoms with van der Waals surface area (Å²) in [5.41, 5.74) is -0.182. The van der Waals surface area contributed by atoms with Crippen molar-refractivity contribution >= 4 is 5.91 Å². The van der Waals surface area contributed by atoms with Gasteiger partial charge in [0.05, 0.1) is 5.41 Å². The summed E-state index contributed by atoms with van der Waals surface area (Å²) < 4.78 is 5.05. The number of rotatable bonds is 8. The highest BCUT2D eigenvalue weighted by Crippen LogP contribution is 2.49. The lowest BCUT2D eigenvalue weighted by Crippen LogP contribution is -2.43. The third-order valence-electron chi connectivity index (χ3n) is 3.68. The second-order valence-electron chi connectivity index (χ2n) is 5.36. The standard InChI is InChI=1S/C13H25NO3/c1-10(2)11(4-8-15)14-12(16)13(5-6-13)7-9-17-3/h10-11,15H,4-9H2,1-3H3,(H,14,16). The van der Waals surface area contributed by atoms with Crippen molar-refractivity contribution in [2.75, 3.05) is 20.3 Å². The fourth-order valence-corrected chi connectivity index (χ4v) is 2.07. The summed E-state index contributed by atoms with van der Waals surface area (Å²) in [4.78, 5) is 12.2. The third-order valence-corrected chi connectivity index (χ3v) is 3.68. The first-order valence-corrected chi connectivity index (χ1v) is 6.46. The van der Waals surface area contributed by atoms with E-state index in [0.29, 0.717) is 18.9 Å². The molecule has 0 heterocycles. The van der Waals surface area contributed by atoms with Gasteiger partial charge in [-0.2, -0.15) is 0 Å². The number of aliphatic hydroxyl groups is 1. The molecule has 1 amide bonds. The highest BCUT2D eigenvalue weighted by atomic mass is 16.5. The van der Waals surface area contributed by atoms with E-state index < -0.39 is 0 Å². The Kier molecular flexibility index (Phi) is 5.40. The van der Waals surface area contributed by atoms with Gasteiger partial charge >= 0.3 is 0 Å². The van der Waals surface area contributed by atoms with E-state index in [1.54, 1.807) is 7.11 Å². The normalized spacial score (nSPS) is 19.1. The van der Waals surface area contributed by atoms with Gasteiger partial charge < -0.3 is 15.2 Å². The number of nitrogens with one attached hydrogen (secondary N) is 1. The molecule has 0 aromatic heterocycles. The Balaban J connectivity index is 2.46. The van der Waals surface area contributed by atoms with Crippen LogP contribution in [0.1, 0.15) is 39.5 Å². The van der Waals surface area contributed by atoms with Crippen LogP contribution in [0.15, 0.2) is 0 Å². The second-order valence-corrected chi connectivity index (χ2v) is 5.36. The molecular weight excluding hydrogens is 218 g/mol. The molecular formula is C13H25NO3. The van der Waals surface area contributed by atoms with E-state index in [9.17, 15) is 4.79 Å². The van der Waals surface area contributed by atoms with Crippen molar-refractivity contribution in [1.82, 2.24) is 5.32 Å². The van der Waals surface area contributed by atoms with Crippen molar-refractivity contribution in [3.8, 4) is 0 Å². The van der Waals surface area contributed by atoms with Crippen LogP contribution in [-0.2, 0) is 9.53 Å². The van der Waals surface area contributed by atoms with E-state index in [1.165, 1.54) is 0 Å². The maximum atomic E-state index is 12.2. The molecule has 0 spiro atoms. The van der Waals surface area contributed by atoms with Gasteiger partial charge in [0.15, 0.2) is 0 Å². The topological polar surface area (TPSA) is 58.6 Å². The fraction of sp³-hybridized carbons (Fsp3) is 0.923. The molecule has 1 rings (SSSR count). The molecule has 1 aliphatic carbocycles. The molecule has 0 aromatic rings. The van der Waals surface area contributed by atoms with Gasteiger partial charge in [0.2, 0.25) is 5.91 Å². The minimum absolute atomic E-state index is 0.0764. The first kappa shape index (κ1) is 14.5. The molecule has 4 nitrogen and oxygen atoms in total. The summed E-state index contributed by atoms with van der Waals surface area (Å²) >= 11 is 0. The van der Waals surface area contributed by atoms with Crippen LogP contribution in [0.5, 0.6) is 0 Å². The molecule has 2 N–H and O–H groups in total. The zero-order valence-corrected chi connectivity index (χ0v) is 11.2. The van der Waals surface area contributed by atoms with Crippen LogP contribution in [0.4, 0.5) is 0 Å². The number of hydrogen-bond donors (Lipinski definition) is 2. The van der Waals surface area contributed by atoms with E-state index in [4.69, 9.17) is 9.84 Å². The van der Waals surface area contributed by atoms with Crippen LogP contribution in [0.2, 0.25) is 0 Å². The predicted molar refractivity (Wildman–Crippen MR) is 66.6 cm³/mol. The Morgan fingerprint density at radius 2 is 2.12 bits per heavy atom. The molecule has 100 valence electrons. The second kappa shape index (κ2) is 6.36. The van der Waals surface area contributed by atoms with Gasteiger partial charge in [-0.1, -0.05) is 13.8 Å². The number of hydrogen-bond acceptors (Lipinski definition) is 3. The number of amides is 1. The Hall–Kier alpha value is -0.610. The van der Waals surface area contributed by atoms with Crippen LogP contribution < -0.4 is 5.32 Å². The minimum Gasteiger partial charge on any atom is -0.396 e. The molecule has 17 heavy (non-hydrogen) atoms. The van der Waals surface area contributed by atoms with Gasteiger partial charge in [-0.15, -0.1) is 0 Å². The summed E-state index contributed by atoms with van der Waals surface area (Å²) in [5, 5.41) is 12.1. The van der Waals surface area contributed by atoms with Crippen molar-refractivity contribution in [1.29, 1.82) is 0 Å². The number of ether oxygens (including phenoxy) is 1. The van der Waals surface area contributed by atoms with E-state index in [0.717, 1.165) is 19.3 Å². The smallest absolute Gasteiger partial charge is 0.226 e. The summed E-state index contributed by atoms with van der Waals surface area (Å²) in [6.45, 7) is 4.89. The number of methoxy groups -OCH3 is 1. The largest absolute Gasteiger partial charge is 0.396 e. The van der Waals surface area contributed by atoms with Crippen LogP contribution in [0.25, 0.3) is 0 Å². The predicted octanol–water partition coefficient (Wildman–Crippen LogP) is 1.33. The van der Waals surface area contributed by atoms with Crippen LogP contribution >= 0.6 is 0 Å². The molecule has 0 radical (unpaired) electrons.